The van der Waals surface area contributed by atoms with E-state index in [1.54, 1.807) is 0 Å². The van der Waals surface area contributed by atoms with Gasteiger partial charge in [0.1, 0.15) is 0 Å². The summed E-state index contributed by atoms with van der Waals surface area (Å²) in [4.78, 5) is 9.91. The quantitative estimate of drug-likeness (QED) is 0.141. The van der Waals surface area contributed by atoms with E-state index in [-0.39, 0.29) is 0 Å². The Hall–Kier alpha value is -6.89. The number of pyridine rings is 2. The van der Waals surface area contributed by atoms with Crippen LogP contribution in [0, 0.1) is 11.3 Å². The Balaban J connectivity index is 1.08. The average molecular weight is 648 g/mol. The van der Waals surface area contributed by atoms with Gasteiger partial charge in [0.05, 0.1) is 33.6 Å². The second kappa shape index (κ2) is 11.3. The zero-order chi connectivity index (χ0) is 33.9. The molecule has 0 bridgehead atoms. The van der Waals surface area contributed by atoms with Crippen molar-refractivity contribution in [3.05, 3.63) is 204 Å². The number of fused-ring (bicyclic) bond motifs is 7. The van der Waals surface area contributed by atoms with Crippen LogP contribution in [0.25, 0.3) is 66.1 Å². The highest BCUT2D eigenvalue weighted by Crippen LogP contribution is 2.57. The molecule has 0 atom stereocenters. The summed E-state index contributed by atoms with van der Waals surface area (Å²) < 4.78 is 0. The molecule has 1 aliphatic rings. The lowest BCUT2D eigenvalue weighted by molar-refractivity contribution is 0.768. The first-order valence-electron chi connectivity index (χ1n) is 17.2. The zero-order valence-corrected chi connectivity index (χ0v) is 27.6. The van der Waals surface area contributed by atoms with Gasteiger partial charge in [-0.1, -0.05) is 133 Å². The Labute approximate surface area is 295 Å². The first-order valence-corrected chi connectivity index (χ1v) is 17.2. The van der Waals surface area contributed by atoms with E-state index in [1.165, 1.54) is 27.8 Å². The van der Waals surface area contributed by atoms with Gasteiger partial charge in [0.15, 0.2) is 0 Å². The minimum atomic E-state index is -0.571. The molecule has 0 saturated heterocycles. The van der Waals surface area contributed by atoms with Gasteiger partial charge in [0.25, 0.3) is 0 Å². The molecule has 0 fully saturated rings. The van der Waals surface area contributed by atoms with E-state index >= 15 is 0 Å². The largest absolute Gasteiger partial charge is 0.253 e. The minimum absolute atomic E-state index is 0.571. The Bertz CT molecular complexity index is 2810. The summed E-state index contributed by atoms with van der Waals surface area (Å²) in [6.45, 7) is 0. The average Bonchev–Trinajstić information content (AvgIpc) is 3.50. The van der Waals surface area contributed by atoms with Crippen LogP contribution < -0.4 is 0 Å². The second-order valence-corrected chi connectivity index (χ2v) is 13.3. The summed E-state index contributed by atoms with van der Waals surface area (Å²) in [5, 5.41) is 13.3. The fourth-order valence-electron chi connectivity index (χ4n) is 8.19. The van der Waals surface area contributed by atoms with Crippen LogP contribution in [0.4, 0.5) is 0 Å². The summed E-state index contributed by atoms with van der Waals surface area (Å²) in [7, 11) is 0. The van der Waals surface area contributed by atoms with Crippen LogP contribution in [0.15, 0.2) is 176 Å². The predicted octanol–water partition coefficient (Wildman–Crippen LogP) is 11.5. The molecule has 2 aromatic heterocycles. The van der Waals surface area contributed by atoms with E-state index in [9.17, 15) is 5.26 Å². The number of benzene rings is 7. The molecule has 3 heteroatoms. The number of rotatable bonds is 4. The summed E-state index contributed by atoms with van der Waals surface area (Å²) >= 11 is 0. The molecule has 51 heavy (non-hydrogen) atoms. The lowest BCUT2D eigenvalue weighted by atomic mass is 9.67. The van der Waals surface area contributed by atoms with Gasteiger partial charge in [0.2, 0.25) is 0 Å². The van der Waals surface area contributed by atoms with Crippen LogP contribution in [0.1, 0.15) is 27.8 Å². The van der Waals surface area contributed by atoms with Gasteiger partial charge in [-0.15, -0.1) is 0 Å². The number of nitriles is 1. The molecule has 0 N–H and O–H groups in total. The highest BCUT2D eigenvalue weighted by atomic mass is 14.7. The number of hydrogen-bond acceptors (Lipinski definition) is 3. The topological polar surface area (TPSA) is 49.6 Å². The molecule has 0 spiro atoms. The molecular weight excluding hydrogens is 619 g/mol. The molecule has 10 rings (SSSR count). The Morgan fingerprint density at radius 1 is 0.451 bits per heavy atom. The summed E-state index contributed by atoms with van der Waals surface area (Å²) in [6, 6.07) is 62.5. The Kier molecular flexibility index (Phi) is 6.46. The molecule has 0 radical (unpaired) electrons. The number of hydrogen-bond donors (Lipinski definition) is 0. The summed E-state index contributed by atoms with van der Waals surface area (Å²) in [5.74, 6) is 0. The molecule has 0 saturated carbocycles. The smallest absolute Gasteiger partial charge is 0.0991 e. The Morgan fingerprint density at radius 2 is 1.04 bits per heavy atom. The lowest BCUT2D eigenvalue weighted by Crippen LogP contribution is -2.28. The van der Waals surface area contributed by atoms with Crippen molar-refractivity contribution in [3.8, 4) is 39.4 Å². The van der Waals surface area contributed by atoms with E-state index in [1.807, 2.05) is 24.4 Å². The van der Waals surface area contributed by atoms with Crippen molar-refractivity contribution in [2.75, 3.05) is 0 Å². The van der Waals surface area contributed by atoms with Gasteiger partial charge in [0, 0.05) is 27.9 Å². The van der Waals surface area contributed by atoms with E-state index in [4.69, 9.17) is 9.97 Å². The van der Waals surface area contributed by atoms with E-state index in [0.717, 1.165) is 60.5 Å². The van der Waals surface area contributed by atoms with Crippen molar-refractivity contribution in [2.45, 2.75) is 5.41 Å². The van der Waals surface area contributed by atoms with Crippen LogP contribution in [0.5, 0.6) is 0 Å². The highest BCUT2D eigenvalue weighted by Gasteiger charge is 2.46. The predicted molar refractivity (Wildman–Crippen MR) is 207 cm³/mol. The van der Waals surface area contributed by atoms with Gasteiger partial charge >= 0.3 is 0 Å². The molecule has 3 nitrogen and oxygen atoms in total. The molecule has 7 aromatic carbocycles. The third-order valence-corrected chi connectivity index (χ3v) is 10.6. The van der Waals surface area contributed by atoms with Crippen molar-refractivity contribution < 1.29 is 0 Å². The van der Waals surface area contributed by atoms with Crippen LogP contribution in [-0.4, -0.2) is 9.97 Å². The zero-order valence-electron chi connectivity index (χ0n) is 27.6. The Morgan fingerprint density at radius 3 is 1.75 bits per heavy atom. The fourth-order valence-corrected chi connectivity index (χ4v) is 8.19. The molecule has 1 aliphatic carbocycles. The summed E-state index contributed by atoms with van der Waals surface area (Å²) in [6.07, 6.45) is 1.96. The molecule has 0 aliphatic heterocycles. The van der Waals surface area contributed by atoms with Gasteiger partial charge in [-0.2, -0.15) is 5.26 Å². The van der Waals surface area contributed by atoms with Crippen LogP contribution in [0.2, 0.25) is 0 Å². The maximum absolute atomic E-state index is 9.97. The normalized spacial score (nSPS) is 12.8. The van der Waals surface area contributed by atoms with Crippen molar-refractivity contribution >= 4 is 32.7 Å². The molecule has 0 amide bonds. The van der Waals surface area contributed by atoms with Crippen LogP contribution in [-0.2, 0) is 5.41 Å². The standard InChI is InChI=1S/C48H29N3/c49-29-31-15-23-41-42-24-22-34(28-44(42)48(43(41)25-31,39-10-3-1-4-11-39)40-12-5-2-6-13-40)32-16-18-33(19-17-32)38-27-36-20-21-37-26-35-9-7-8-14-45(35)51-47(37)46(36)50-30-38/h1-28,30H. The van der Waals surface area contributed by atoms with Gasteiger partial charge in [-0.25, -0.2) is 4.98 Å². The molecule has 0 unspecified atom stereocenters. The van der Waals surface area contributed by atoms with Crippen molar-refractivity contribution in [3.63, 3.8) is 0 Å². The van der Waals surface area contributed by atoms with E-state index in [0.29, 0.717) is 5.56 Å². The molecule has 236 valence electrons. The number of aromatic nitrogens is 2. The lowest BCUT2D eigenvalue weighted by Gasteiger charge is -2.34. The number of para-hydroxylation sites is 1. The maximum atomic E-state index is 9.97. The van der Waals surface area contributed by atoms with E-state index in [2.05, 4.69) is 158 Å². The highest BCUT2D eigenvalue weighted by molar-refractivity contribution is 6.07. The van der Waals surface area contributed by atoms with Crippen LogP contribution in [0.3, 0.4) is 0 Å². The third-order valence-electron chi connectivity index (χ3n) is 10.6. The van der Waals surface area contributed by atoms with Gasteiger partial charge in [-0.3, -0.25) is 4.98 Å². The first kappa shape index (κ1) is 29.1. The third kappa shape index (κ3) is 4.44. The molecular formula is C48H29N3. The van der Waals surface area contributed by atoms with Crippen LogP contribution >= 0.6 is 0 Å². The minimum Gasteiger partial charge on any atom is -0.253 e. The van der Waals surface area contributed by atoms with E-state index < -0.39 is 5.41 Å². The SMILES string of the molecule is N#Cc1ccc2c(c1)C(c1ccccc1)(c1ccccc1)c1cc(-c3ccc(-c4cnc5c(ccc6cc7ccccc7nc65)c4)cc3)ccc1-2. The van der Waals surface area contributed by atoms with Crippen molar-refractivity contribution in [1.29, 1.82) is 5.26 Å². The second-order valence-electron chi connectivity index (χ2n) is 13.3. The molecule has 9 aromatic rings. The van der Waals surface area contributed by atoms with Crippen molar-refractivity contribution in [1.82, 2.24) is 9.97 Å². The monoisotopic (exact) mass is 647 g/mol. The van der Waals surface area contributed by atoms with Gasteiger partial charge in [-0.05, 0) is 86.5 Å². The first-order chi connectivity index (χ1) is 25.2. The summed E-state index contributed by atoms with van der Waals surface area (Å²) in [5.41, 5.74) is 14.5. The molecule has 2 heterocycles. The van der Waals surface area contributed by atoms with Gasteiger partial charge < -0.3 is 0 Å². The van der Waals surface area contributed by atoms with Crippen molar-refractivity contribution in [2.24, 2.45) is 0 Å². The maximum Gasteiger partial charge on any atom is 0.0991 e. The number of nitrogens with zero attached hydrogens (tertiary/aromatic N) is 3. The fraction of sp³-hybridized carbons (Fsp3) is 0.0208.